The van der Waals surface area contributed by atoms with Crippen LogP contribution in [0.5, 0.6) is 0 Å². The van der Waals surface area contributed by atoms with E-state index < -0.39 is 0 Å². The molecule has 1 saturated carbocycles. The third-order valence-electron chi connectivity index (χ3n) is 5.08. The number of hydrogen-bond acceptors (Lipinski definition) is 1. The third kappa shape index (κ3) is 1.89. The fourth-order valence-electron chi connectivity index (χ4n) is 3.14. The summed E-state index contributed by atoms with van der Waals surface area (Å²) >= 11 is 6.69. The lowest BCUT2D eigenvalue weighted by Gasteiger charge is -2.19. The number of rotatable bonds is 3. The third-order valence-corrected chi connectivity index (χ3v) is 5.71. The van der Waals surface area contributed by atoms with Crippen LogP contribution in [-0.4, -0.2) is 10.4 Å². The van der Waals surface area contributed by atoms with Gasteiger partial charge in [-0.1, -0.05) is 40.7 Å². The molecule has 1 aromatic heterocycles. The second kappa shape index (κ2) is 3.98. The normalized spacial score (nSPS) is 25.3. The van der Waals surface area contributed by atoms with Crippen molar-refractivity contribution in [2.24, 2.45) is 16.7 Å². The van der Waals surface area contributed by atoms with Gasteiger partial charge in [0, 0.05) is 23.2 Å². The minimum Gasteiger partial charge on any atom is -0.261 e. The number of halogens is 1. The molecule has 1 aromatic rings. The van der Waals surface area contributed by atoms with Crippen LogP contribution < -0.4 is 0 Å². The molecule has 1 aliphatic carbocycles. The number of hydrogen-bond donors (Lipinski definition) is 0. The van der Waals surface area contributed by atoms with E-state index in [1.165, 1.54) is 0 Å². The summed E-state index contributed by atoms with van der Waals surface area (Å²) in [6.45, 7) is 11.5. The molecule has 0 amide bonds. The van der Waals surface area contributed by atoms with Crippen molar-refractivity contribution in [1.82, 2.24) is 4.98 Å². The van der Waals surface area contributed by atoms with Gasteiger partial charge in [-0.3, -0.25) is 4.98 Å². The number of pyridine rings is 1. The van der Waals surface area contributed by atoms with Crippen molar-refractivity contribution in [2.75, 3.05) is 0 Å². The van der Waals surface area contributed by atoms with Crippen molar-refractivity contribution in [3.05, 3.63) is 30.1 Å². The van der Waals surface area contributed by atoms with E-state index in [0.717, 1.165) is 5.69 Å². The molecule has 0 spiro atoms. The van der Waals surface area contributed by atoms with E-state index in [4.69, 9.17) is 11.6 Å². The predicted octanol–water partition coefficient (Wildman–Crippen LogP) is 4.47. The van der Waals surface area contributed by atoms with Gasteiger partial charge in [-0.25, -0.2) is 0 Å². The van der Waals surface area contributed by atoms with Crippen LogP contribution >= 0.6 is 11.6 Å². The van der Waals surface area contributed by atoms with E-state index in [-0.39, 0.29) is 5.38 Å². The molecule has 0 bridgehead atoms. The van der Waals surface area contributed by atoms with Crippen LogP contribution in [0.4, 0.5) is 0 Å². The van der Waals surface area contributed by atoms with Crippen molar-refractivity contribution < 1.29 is 0 Å². The molecule has 0 aromatic carbocycles. The summed E-state index contributed by atoms with van der Waals surface area (Å²) in [7, 11) is 0. The Morgan fingerprint density at radius 2 is 1.76 bits per heavy atom. The summed E-state index contributed by atoms with van der Waals surface area (Å²) < 4.78 is 0. The smallest absolute Gasteiger partial charge is 0.0455 e. The van der Waals surface area contributed by atoms with Crippen LogP contribution in [0.1, 0.15) is 46.2 Å². The molecule has 1 nitrogen and oxygen atoms in total. The Labute approximate surface area is 110 Å². The molecular formula is C15H22ClN. The maximum absolute atomic E-state index is 6.69. The highest BCUT2D eigenvalue weighted by molar-refractivity contribution is 6.21. The van der Waals surface area contributed by atoms with Crippen molar-refractivity contribution in [1.29, 1.82) is 0 Å². The fraction of sp³-hybridized carbons (Fsp3) is 0.667. The van der Waals surface area contributed by atoms with Gasteiger partial charge in [-0.2, -0.15) is 0 Å². The van der Waals surface area contributed by atoms with Gasteiger partial charge in [0.15, 0.2) is 0 Å². The van der Waals surface area contributed by atoms with Crippen LogP contribution in [0.2, 0.25) is 0 Å². The van der Waals surface area contributed by atoms with Crippen molar-refractivity contribution in [2.45, 2.75) is 45.9 Å². The van der Waals surface area contributed by atoms with Gasteiger partial charge in [0.05, 0.1) is 0 Å². The van der Waals surface area contributed by atoms with Gasteiger partial charge in [0.2, 0.25) is 0 Å². The Morgan fingerprint density at radius 3 is 2.18 bits per heavy atom. The molecule has 0 N–H and O–H groups in total. The summed E-state index contributed by atoms with van der Waals surface area (Å²) in [5.74, 6) is 0.873. The molecule has 2 heteroatoms. The van der Waals surface area contributed by atoms with Crippen LogP contribution in [0.3, 0.4) is 0 Å². The van der Waals surface area contributed by atoms with Crippen LogP contribution in [0.15, 0.2) is 24.4 Å². The molecule has 94 valence electrons. The Hall–Kier alpha value is -0.560. The first-order valence-electron chi connectivity index (χ1n) is 6.35. The number of nitrogens with zero attached hydrogens (tertiary/aromatic N) is 1. The summed E-state index contributed by atoms with van der Waals surface area (Å²) in [6.07, 6.45) is 1.85. The molecule has 0 saturated heterocycles. The maximum Gasteiger partial charge on any atom is 0.0455 e. The first-order chi connectivity index (χ1) is 7.80. The molecule has 2 atom stereocenters. The van der Waals surface area contributed by atoms with E-state index >= 15 is 0 Å². The number of aromatic nitrogens is 1. The predicted molar refractivity (Wildman–Crippen MR) is 73.3 cm³/mol. The first-order valence-corrected chi connectivity index (χ1v) is 6.79. The number of alkyl halides is 1. The zero-order chi connectivity index (χ0) is 12.8. The average molecular weight is 252 g/mol. The lowest BCUT2D eigenvalue weighted by atomic mass is 9.95. The zero-order valence-corrected chi connectivity index (χ0v) is 12.1. The van der Waals surface area contributed by atoms with Crippen LogP contribution in [0, 0.1) is 16.7 Å². The highest BCUT2D eigenvalue weighted by atomic mass is 35.5. The Balaban J connectivity index is 2.15. The van der Waals surface area contributed by atoms with E-state index in [2.05, 4.69) is 45.7 Å². The fourth-order valence-corrected chi connectivity index (χ4v) is 3.90. The summed E-state index contributed by atoms with van der Waals surface area (Å²) in [4.78, 5) is 4.42. The van der Waals surface area contributed by atoms with Crippen molar-refractivity contribution in [3.8, 4) is 0 Å². The Morgan fingerprint density at radius 1 is 1.18 bits per heavy atom. The van der Waals surface area contributed by atoms with Gasteiger partial charge in [-0.15, -0.1) is 11.6 Å². The van der Waals surface area contributed by atoms with E-state index in [0.29, 0.717) is 22.7 Å². The van der Waals surface area contributed by atoms with Gasteiger partial charge in [-0.05, 0) is 28.9 Å². The molecular weight excluding hydrogens is 230 g/mol. The zero-order valence-electron chi connectivity index (χ0n) is 11.4. The van der Waals surface area contributed by atoms with Crippen molar-refractivity contribution >= 4 is 11.6 Å². The standard InChI is InChI=1S/C15H22ClN/c1-10(11-8-6-7-9-17-11)12(16)13-14(2,3)15(13,4)5/h6-10,12-13H,1-5H3. The van der Waals surface area contributed by atoms with Crippen LogP contribution in [0.25, 0.3) is 0 Å². The molecule has 17 heavy (non-hydrogen) atoms. The topological polar surface area (TPSA) is 12.9 Å². The molecule has 0 radical (unpaired) electrons. The largest absolute Gasteiger partial charge is 0.261 e. The molecule has 1 fully saturated rings. The minimum absolute atomic E-state index is 0.162. The average Bonchev–Trinajstić information content (AvgIpc) is 2.69. The van der Waals surface area contributed by atoms with E-state index in [9.17, 15) is 0 Å². The van der Waals surface area contributed by atoms with Gasteiger partial charge >= 0.3 is 0 Å². The second-order valence-corrected chi connectivity index (χ2v) is 6.91. The molecule has 0 aliphatic heterocycles. The maximum atomic E-state index is 6.69. The minimum atomic E-state index is 0.162. The Kier molecular flexibility index (Phi) is 3.02. The highest BCUT2D eigenvalue weighted by Gasteiger charge is 2.67. The molecule has 2 rings (SSSR count). The molecule has 2 unspecified atom stereocenters. The Bertz CT molecular complexity index is 383. The summed E-state index contributed by atoms with van der Waals surface area (Å²) in [5.41, 5.74) is 1.77. The summed E-state index contributed by atoms with van der Waals surface area (Å²) in [5, 5.41) is 0.162. The molecule has 1 heterocycles. The van der Waals surface area contributed by atoms with Crippen molar-refractivity contribution in [3.63, 3.8) is 0 Å². The van der Waals surface area contributed by atoms with Gasteiger partial charge in [0.1, 0.15) is 0 Å². The SMILES string of the molecule is CC(c1ccccn1)C(Cl)C1C(C)(C)C1(C)C. The van der Waals surface area contributed by atoms with E-state index in [1.807, 2.05) is 18.3 Å². The quantitative estimate of drug-likeness (QED) is 0.722. The monoisotopic (exact) mass is 251 g/mol. The summed E-state index contributed by atoms with van der Waals surface area (Å²) in [6, 6.07) is 6.05. The highest BCUT2D eigenvalue weighted by Crippen LogP contribution is 2.71. The lowest BCUT2D eigenvalue weighted by Crippen LogP contribution is -2.17. The first kappa shape index (κ1) is 12.9. The van der Waals surface area contributed by atoms with Crippen LogP contribution in [-0.2, 0) is 0 Å². The lowest BCUT2D eigenvalue weighted by molar-refractivity contribution is 0.457. The van der Waals surface area contributed by atoms with Gasteiger partial charge in [0.25, 0.3) is 0 Å². The second-order valence-electron chi connectivity index (χ2n) is 6.41. The van der Waals surface area contributed by atoms with E-state index in [1.54, 1.807) is 0 Å². The van der Waals surface area contributed by atoms with Gasteiger partial charge < -0.3 is 0 Å². The molecule has 1 aliphatic rings.